The average molecular weight is 284 g/mol. The van der Waals surface area contributed by atoms with Gasteiger partial charge >= 0.3 is 5.97 Å². The highest BCUT2D eigenvalue weighted by atomic mass is 16.4. The van der Waals surface area contributed by atoms with Gasteiger partial charge in [-0.25, -0.2) is 0 Å². The zero-order valence-electron chi connectivity index (χ0n) is 12.7. The van der Waals surface area contributed by atoms with Gasteiger partial charge in [0.1, 0.15) is 0 Å². The molecular formula is C15H28N2O3. The van der Waals surface area contributed by atoms with Crippen molar-refractivity contribution < 1.29 is 14.7 Å². The van der Waals surface area contributed by atoms with Crippen LogP contribution >= 0.6 is 0 Å². The standard InChI is InChI=1S/C15H28N2O3/c1-12(6-7-15(19)20)8-9-16-11-14(18)17-10-4-3-5-13(17)2/h12-13,16H,3-11H2,1-2H3,(H,19,20). The van der Waals surface area contributed by atoms with E-state index in [2.05, 4.69) is 19.2 Å². The summed E-state index contributed by atoms with van der Waals surface area (Å²) < 4.78 is 0. The van der Waals surface area contributed by atoms with Gasteiger partial charge in [-0.3, -0.25) is 9.59 Å². The van der Waals surface area contributed by atoms with Crippen molar-refractivity contribution >= 4 is 11.9 Å². The van der Waals surface area contributed by atoms with E-state index < -0.39 is 5.97 Å². The first-order valence-corrected chi connectivity index (χ1v) is 7.72. The summed E-state index contributed by atoms with van der Waals surface area (Å²) in [5, 5.41) is 11.8. The highest BCUT2D eigenvalue weighted by molar-refractivity contribution is 5.78. The average Bonchev–Trinajstić information content (AvgIpc) is 2.41. The fraction of sp³-hybridized carbons (Fsp3) is 0.867. The van der Waals surface area contributed by atoms with Crippen molar-refractivity contribution in [3.63, 3.8) is 0 Å². The maximum absolute atomic E-state index is 12.1. The van der Waals surface area contributed by atoms with Gasteiger partial charge in [-0.2, -0.15) is 0 Å². The second kappa shape index (κ2) is 8.95. The fourth-order valence-corrected chi connectivity index (χ4v) is 2.63. The van der Waals surface area contributed by atoms with E-state index in [1.54, 1.807) is 0 Å². The summed E-state index contributed by atoms with van der Waals surface area (Å²) in [6.45, 7) is 6.23. The van der Waals surface area contributed by atoms with Crippen LogP contribution in [0.2, 0.25) is 0 Å². The van der Waals surface area contributed by atoms with Gasteiger partial charge in [0, 0.05) is 19.0 Å². The lowest BCUT2D eigenvalue weighted by Crippen LogP contribution is -2.46. The van der Waals surface area contributed by atoms with Crippen LogP contribution < -0.4 is 5.32 Å². The summed E-state index contributed by atoms with van der Waals surface area (Å²) >= 11 is 0. The molecule has 116 valence electrons. The number of hydrogen-bond acceptors (Lipinski definition) is 3. The number of carbonyl (C=O) groups is 2. The second-order valence-corrected chi connectivity index (χ2v) is 5.93. The zero-order chi connectivity index (χ0) is 15.0. The molecule has 5 heteroatoms. The van der Waals surface area contributed by atoms with E-state index in [1.807, 2.05) is 4.90 Å². The van der Waals surface area contributed by atoms with Crippen LogP contribution in [0.1, 0.15) is 52.4 Å². The topological polar surface area (TPSA) is 69.6 Å². The number of aliphatic carboxylic acids is 1. The molecule has 0 aromatic rings. The quantitative estimate of drug-likeness (QED) is 0.668. The Hall–Kier alpha value is -1.10. The van der Waals surface area contributed by atoms with Crippen LogP contribution in [0.4, 0.5) is 0 Å². The smallest absolute Gasteiger partial charge is 0.303 e. The molecular weight excluding hydrogens is 256 g/mol. The van der Waals surface area contributed by atoms with Gasteiger partial charge in [-0.15, -0.1) is 0 Å². The lowest BCUT2D eigenvalue weighted by Gasteiger charge is -2.33. The molecule has 0 radical (unpaired) electrons. The number of likely N-dealkylation sites (tertiary alicyclic amines) is 1. The molecule has 2 atom stereocenters. The Balaban J connectivity index is 2.11. The molecule has 0 aromatic heterocycles. The molecule has 1 aliphatic heterocycles. The molecule has 0 spiro atoms. The Kier molecular flexibility index (Phi) is 7.59. The molecule has 1 aliphatic rings. The molecule has 0 saturated carbocycles. The second-order valence-electron chi connectivity index (χ2n) is 5.93. The molecule has 1 fully saturated rings. The third-order valence-corrected chi connectivity index (χ3v) is 4.06. The first-order chi connectivity index (χ1) is 9.50. The molecule has 1 amide bonds. The highest BCUT2D eigenvalue weighted by Crippen LogP contribution is 2.16. The predicted octanol–water partition coefficient (Wildman–Crippen LogP) is 1.87. The molecule has 1 heterocycles. The lowest BCUT2D eigenvalue weighted by atomic mass is 10.0. The van der Waals surface area contributed by atoms with Crippen LogP contribution in [0.15, 0.2) is 0 Å². The summed E-state index contributed by atoms with van der Waals surface area (Å²) in [4.78, 5) is 24.5. The highest BCUT2D eigenvalue weighted by Gasteiger charge is 2.22. The number of amides is 1. The van der Waals surface area contributed by atoms with E-state index in [1.165, 1.54) is 6.42 Å². The Morgan fingerprint density at radius 2 is 2.10 bits per heavy atom. The summed E-state index contributed by atoms with van der Waals surface area (Å²) in [6.07, 6.45) is 5.29. The molecule has 0 bridgehead atoms. The van der Waals surface area contributed by atoms with Crippen LogP contribution in [0.25, 0.3) is 0 Å². The van der Waals surface area contributed by atoms with Crippen molar-refractivity contribution in [2.45, 2.75) is 58.4 Å². The third kappa shape index (κ3) is 6.37. The summed E-state index contributed by atoms with van der Waals surface area (Å²) in [7, 11) is 0. The molecule has 1 rings (SSSR count). The maximum atomic E-state index is 12.1. The molecule has 2 N–H and O–H groups in total. The molecule has 5 nitrogen and oxygen atoms in total. The van der Waals surface area contributed by atoms with Gasteiger partial charge in [0.2, 0.25) is 5.91 Å². The SMILES string of the molecule is CC(CCNCC(=O)N1CCCCC1C)CCC(=O)O. The summed E-state index contributed by atoms with van der Waals surface area (Å²) in [5.41, 5.74) is 0. The largest absolute Gasteiger partial charge is 0.481 e. The number of nitrogens with zero attached hydrogens (tertiary/aromatic N) is 1. The van der Waals surface area contributed by atoms with Gasteiger partial charge in [-0.1, -0.05) is 6.92 Å². The number of rotatable bonds is 8. The Morgan fingerprint density at radius 1 is 1.35 bits per heavy atom. The van der Waals surface area contributed by atoms with Crippen molar-refractivity contribution in [3.8, 4) is 0 Å². The van der Waals surface area contributed by atoms with E-state index >= 15 is 0 Å². The van der Waals surface area contributed by atoms with Crippen LogP contribution in [-0.2, 0) is 9.59 Å². The molecule has 0 aromatic carbocycles. The summed E-state index contributed by atoms with van der Waals surface area (Å²) in [6, 6.07) is 0.368. The van der Waals surface area contributed by atoms with Gasteiger partial charge in [0.05, 0.1) is 6.54 Å². The maximum Gasteiger partial charge on any atom is 0.303 e. The fourth-order valence-electron chi connectivity index (χ4n) is 2.63. The summed E-state index contributed by atoms with van der Waals surface area (Å²) in [5.74, 6) is -0.169. The normalized spacial score (nSPS) is 20.7. The third-order valence-electron chi connectivity index (χ3n) is 4.06. The Labute approximate surface area is 121 Å². The van der Waals surface area contributed by atoms with E-state index in [0.29, 0.717) is 24.9 Å². The number of carbonyl (C=O) groups excluding carboxylic acids is 1. The van der Waals surface area contributed by atoms with Crippen LogP contribution in [0, 0.1) is 5.92 Å². The molecule has 0 aliphatic carbocycles. The van der Waals surface area contributed by atoms with Crippen LogP contribution in [0.5, 0.6) is 0 Å². The molecule has 1 saturated heterocycles. The van der Waals surface area contributed by atoms with Crippen molar-refractivity contribution in [1.82, 2.24) is 10.2 Å². The van der Waals surface area contributed by atoms with Crippen LogP contribution in [0.3, 0.4) is 0 Å². The Bertz CT molecular complexity index is 320. The monoisotopic (exact) mass is 284 g/mol. The molecule has 20 heavy (non-hydrogen) atoms. The predicted molar refractivity (Wildman–Crippen MR) is 78.5 cm³/mol. The minimum atomic E-state index is -0.737. The first kappa shape index (κ1) is 17.0. The van der Waals surface area contributed by atoms with Crippen LogP contribution in [-0.4, -0.2) is 47.6 Å². The minimum absolute atomic E-state index is 0.190. The van der Waals surface area contributed by atoms with Crippen molar-refractivity contribution in [1.29, 1.82) is 0 Å². The van der Waals surface area contributed by atoms with Crippen molar-refractivity contribution in [3.05, 3.63) is 0 Å². The van der Waals surface area contributed by atoms with Gasteiger partial charge in [-0.05, 0) is 51.5 Å². The first-order valence-electron chi connectivity index (χ1n) is 7.72. The van der Waals surface area contributed by atoms with E-state index in [9.17, 15) is 9.59 Å². The van der Waals surface area contributed by atoms with Gasteiger partial charge in [0.25, 0.3) is 0 Å². The van der Waals surface area contributed by atoms with Gasteiger partial charge < -0.3 is 15.3 Å². The number of nitrogens with one attached hydrogen (secondary N) is 1. The molecule has 2 unspecified atom stereocenters. The van der Waals surface area contributed by atoms with E-state index in [-0.39, 0.29) is 12.3 Å². The zero-order valence-corrected chi connectivity index (χ0v) is 12.7. The van der Waals surface area contributed by atoms with E-state index in [4.69, 9.17) is 5.11 Å². The number of piperidine rings is 1. The Morgan fingerprint density at radius 3 is 2.75 bits per heavy atom. The number of carboxylic acids is 1. The van der Waals surface area contributed by atoms with E-state index in [0.717, 1.165) is 32.4 Å². The minimum Gasteiger partial charge on any atom is -0.481 e. The number of carboxylic acid groups (broad SMARTS) is 1. The lowest BCUT2D eigenvalue weighted by molar-refractivity contribution is -0.137. The van der Waals surface area contributed by atoms with Crippen molar-refractivity contribution in [2.75, 3.05) is 19.6 Å². The van der Waals surface area contributed by atoms with Gasteiger partial charge in [0.15, 0.2) is 0 Å². The van der Waals surface area contributed by atoms with Crippen molar-refractivity contribution in [2.24, 2.45) is 5.92 Å². The number of hydrogen-bond donors (Lipinski definition) is 2.